The number of nitrogens with one attached hydrogen (secondary N) is 1. The number of likely N-dealkylation sites (tertiary alicyclic amines) is 1. The van der Waals surface area contributed by atoms with Crippen LogP contribution in [0, 0.1) is 0 Å². The van der Waals surface area contributed by atoms with Gasteiger partial charge in [-0.2, -0.15) is 5.10 Å². The largest absolute Gasteiger partial charge is 0.308 e. The maximum atomic E-state index is 4.75. The molecule has 1 aromatic carbocycles. The van der Waals surface area contributed by atoms with Crippen molar-refractivity contribution in [2.45, 2.75) is 38.9 Å². The smallest absolute Gasteiger partial charge is 0.0841 e. The number of rotatable bonds is 4. The minimum Gasteiger partial charge on any atom is -0.308 e. The average molecular weight is 272 g/mol. The molecule has 0 unspecified atom stereocenters. The first-order chi connectivity index (χ1) is 9.78. The first-order valence-electron chi connectivity index (χ1n) is 7.64. The van der Waals surface area contributed by atoms with Crippen LogP contribution in [0.4, 0.5) is 0 Å². The number of benzene rings is 1. The second kappa shape index (κ2) is 5.94. The molecule has 0 saturated carbocycles. The molecule has 0 bridgehead atoms. The zero-order chi connectivity index (χ0) is 13.9. The van der Waals surface area contributed by atoms with E-state index in [1.807, 2.05) is 0 Å². The molecular formula is C16H24N4. The Labute approximate surface area is 120 Å². The van der Waals surface area contributed by atoms with E-state index in [0.29, 0.717) is 6.04 Å². The normalized spacial score (nSPS) is 17.9. The summed E-state index contributed by atoms with van der Waals surface area (Å²) >= 11 is 0. The van der Waals surface area contributed by atoms with E-state index in [4.69, 9.17) is 5.10 Å². The summed E-state index contributed by atoms with van der Waals surface area (Å²) < 4.78 is 2.10. The van der Waals surface area contributed by atoms with E-state index in [9.17, 15) is 0 Å². The van der Waals surface area contributed by atoms with E-state index in [2.05, 4.69) is 53.1 Å². The van der Waals surface area contributed by atoms with Gasteiger partial charge in [-0.25, -0.2) is 0 Å². The third-order valence-corrected chi connectivity index (χ3v) is 4.31. The molecule has 0 aliphatic carbocycles. The van der Waals surface area contributed by atoms with Crippen molar-refractivity contribution in [1.29, 1.82) is 0 Å². The van der Waals surface area contributed by atoms with Crippen LogP contribution in [0.5, 0.6) is 0 Å². The molecular weight excluding hydrogens is 248 g/mol. The van der Waals surface area contributed by atoms with Crippen molar-refractivity contribution in [3.05, 3.63) is 30.0 Å². The molecule has 0 amide bonds. The third-order valence-electron chi connectivity index (χ3n) is 4.31. The number of fused-ring (bicyclic) bond motifs is 1. The summed E-state index contributed by atoms with van der Waals surface area (Å²) in [5.74, 6) is 0. The van der Waals surface area contributed by atoms with Gasteiger partial charge in [0.2, 0.25) is 0 Å². The number of piperidine rings is 1. The molecule has 4 heteroatoms. The zero-order valence-corrected chi connectivity index (χ0v) is 12.5. The van der Waals surface area contributed by atoms with Crippen molar-refractivity contribution in [3.8, 4) is 0 Å². The Hall–Kier alpha value is -1.39. The molecule has 1 aliphatic heterocycles. The molecule has 1 aliphatic rings. The Morgan fingerprint density at radius 1 is 1.25 bits per heavy atom. The second-order valence-electron chi connectivity index (χ2n) is 5.74. The minimum absolute atomic E-state index is 0.636. The molecule has 1 N–H and O–H groups in total. The summed E-state index contributed by atoms with van der Waals surface area (Å²) in [5.41, 5.74) is 2.43. The predicted octanol–water partition coefficient (Wildman–Crippen LogP) is 2.24. The highest BCUT2D eigenvalue weighted by Crippen LogP contribution is 2.19. The van der Waals surface area contributed by atoms with Gasteiger partial charge in [-0.15, -0.1) is 0 Å². The molecule has 2 heterocycles. The number of nitrogens with zero attached hydrogens (tertiary/aromatic N) is 3. The molecule has 0 spiro atoms. The Balaban J connectivity index is 1.71. The fourth-order valence-corrected chi connectivity index (χ4v) is 3.02. The summed E-state index contributed by atoms with van der Waals surface area (Å²) in [6, 6.07) is 9.16. The number of hydrogen-bond donors (Lipinski definition) is 1. The average Bonchev–Trinajstić information content (AvgIpc) is 2.85. The van der Waals surface area contributed by atoms with Crippen molar-refractivity contribution in [1.82, 2.24) is 20.0 Å². The van der Waals surface area contributed by atoms with Gasteiger partial charge < -0.3 is 10.2 Å². The van der Waals surface area contributed by atoms with Crippen molar-refractivity contribution in [2.75, 3.05) is 20.1 Å². The maximum absolute atomic E-state index is 4.75. The van der Waals surface area contributed by atoms with Gasteiger partial charge in [0, 0.05) is 24.5 Å². The molecule has 108 valence electrons. The highest BCUT2D eigenvalue weighted by atomic mass is 15.3. The van der Waals surface area contributed by atoms with Gasteiger partial charge in [0.15, 0.2) is 0 Å². The van der Waals surface area contributed by atoms with Crippen molar-refractivity contribution >= 4 is 10.9 Å². The fraction of sp³-hybridized carbons (Fsp3) is 0.562. The number of para-hydroxylation sites is 1. The van der Waals surface area contributed by atoms with Crippen molar-refractivity contribution in [3.63, 3.8) is 0 Å². The number of aryl methyl sites for hydroxylation is 1. The van der Waals surface area contributed by atoms with Crippen LogP contribution in [-0.2, 0) is 13.1 Å². The highest BCUT2D eigenvalue weighted by Gasteiger charge is 2.17. The first kappa shape index (κ1) is 13.6. The Bertz CT molecular complexity index is 567. The van der Waals surface area contributed by atoms with E-state index in [1.165, 1.54) is 42.5 Å². The van der Waals surface area contributed by atoms with Crippen LogP contribution in [-0.4, -0.2) is 40.9 Å². The molecule has 20 heavy (non-hydrogen) atoms. The lowest BCUT2D eigenvalue weighted by molar-refractivity contribution is 0.233. The third kappa shape index (κ3) is 2.72. The van der Waals surface area contributed by atoms with Crippen molar-refractivity contribution < 1.29 is 0 Å². The summed E-state index contributed by atoms with van der Waals surface area (Å²) in [6.07, 6.45) is 2.48. The summed E-state index contributed by atoms with van der Waals surface area (Å²) in [5, 5.41) is 9.72. The van der Waals surface area contributed by atoms with Crippen LogP contribution >= 0.6 is 0 Å². The minimum atomic E-state index is 0.636. The Kier molecular flexibility index (Phi) is 4.03. The predicted molar refractivity (Wildman–Crippen MR) is 82.8 cm³/mol. The molecule has 1 saturated heterocycles. The van der Waals surface area contributed by atoms with Gasteiger partial charge in [-0.05, 0) is 46.0 Å². The molecule has 0 radical (unpaired) electrons. The highest BCUT2D eigenvalue weighted by molar-refractivity contribution is 5.81. The lowest BCUT2D eigenvalue weighted by atomic mass is 10.1. The van der Waals surface area contributed by atoms with Gasteiger partial charge in [-0.1, -0.05) is 18.2 Å². The van der Waals surface area contributed by atoms with Crippen LogP contribution in [0.3, 0.4) is 0 Å². The second-order valence-corrected chi connectivity index (χ2v) is 5.74. The standard InChI is InChI=1S/C16H24N4/c1-3-20-16-7-5-4-6-14(16)15(18-20)12-17-13-8-10-19(2)11-9-13/h4-7,13,17H,3,8-12H2,1-2H3. The van der Waals surface area contributed by atoms with Crippen LogP contribution < -0.4 is 5.32 Å². The SMILES string of the molecule is CCn1nc(CNC2CCN(C)CC2)c2ccccc21. The van der Waals surface area contributed by atoms with Gasteiger partial charge >= 0.3 is 0 Å². The molecule has 2 aromatic rings. The van der Waals surface area contributed by atoms with Crippen LogP contribution in [0.2, 0.25) is 0 Å². The first-order valence-corrected chi connectivity index (χ1v) is 7.64. The summed E-state index contributed by atoms with van der Waals surface area (Å²) in [4.78, 5) is 2.40. The van der Waals surface area contributed by atoms with Crippen molar-refractivity contribution in [2.24, 2.45) is 0 Å². The quantitative estimate of drug-likeness (QED) is 0.926. The summed E-state index contributed by atoms with van der Waals surface area (Å²) in [7, 11) is 2.20. The van der Waals surface area contributed by atoms with E-state index in [-0.39, 0.29) is 0 Å². The molecule has 1 aromatic heterocycles. The number of hydrogen-bond acceptors (Lipinski definition) is 3. The lowest BCUT2D eigenvalue weighted by Gasteiger charge is -2.29. The molecule has 1 fully saturated rings. The van der Waals surface area contributed by atoms with Gasteiger partial charge in [0.1, 0.15) is 0 Å². The topological polar surface area (TPSA) is 33.1 Å². The fourth-order valence-electron chi connectivity index (χ4n) is 3.02. The number of aromatic nitrogens is 2. The van der Waals surface area contributed by atoms with Gasteiger partial charge in [0.05, 0.1) is 11.2 Å². The molecule has 4 nitrogen and oxygen atoms in total. The van der Waals surface area contributed by atoms with Crippen LogP contribution in [0.15, 0.2) is 24.3 Å². The van der Waals surface area contributed by atoms with E-state index < -0.39 is 0 Å². The van der Waals surface area contributed by atoms with Gasteiger partial charge in [0.25, 0.3) is 0 Å². The van der Waals surface area contributed by atoms with E-state index >= 15 is 0 Å². The molecule has 3 rings (SSSR count). The van der Waals surface area contributed by atoms with E-state index in [0.717, 1.165) is 13.1 Å². The molecule has 0 atom stereocenters. The summed E-state index contributed by atoms with van der Waals surface area (Å²) in [6.45, 7) is 6.34. The Morgan fingerprint density at radius 3 is 2.75 bits per heavy atom. The van der Waals surface area contributed by atoms with Gasteiger partial charge in [-0.3, -0.25) is 4.68 Å². The lowest BCUT2D eigenvalue weighted by Crippen LogP contribution is -2.40. The Morgan fingerprint density at radius 2 is 2.00 bits per heavy atom. The van der Waals surface area contributed by atoms with E-state index in [1.54, 1.807) is 0 Å². The zero-order valence-electron chi connectivity index (χ0n) is 12.5. The van der Waals surface area contributed by atoms with Crippen LogP contribution in [0.1, 0.15) is 25.5 Å². The maximum Gasteiger partial charge on any atom is 0.0841 e. The van der Waals surface area contributed by atoms with Crippen LogP contribution in [0.25, 0.3) is 10.9 Å². The monoisotopic (exact) mass is 272 g/mol.